The fourth-order valence-corrected chi connectivity index (χ4v) is 2.74. The van der Waals surface area contributed by atoms with Gasteiger partial charge in [-0.15, -0.1) is 0 Å². The molecule has 0 radical (unpaired) electrons. The molecular formula is C17H27N2O2+. The molecule has 2 N–H and O–H groups in total. The minimum Gasteiger partial charge on any atom is -0.396 e. The quantitative estimate of drug-likeness (QED) is 0.521. The molecule has 0 fully saturated rings. The highest BCUT2D eigenvalue weighted by molar-refractivity contribution is 5.71. The van der Waals surface area contributed by atoms with Crippen molar-refractivity contribution in [3.05, 3.63) is 30.6 Å². The molecule has 0 unspecified atom stereocenters. The Labute approximate surface area is 126 Å². The van der Waals surface area contributed by atoms with Gasteiger partial charge in [0.2, 0.25) is 6.33 Å². The Morgan fingerprint density at radius 3 is 2.38 bits per heavy atom. The van der Waals surface area contributed by atoms with E-state index in [1.54, 1.807) is 0 Å². The summed E-state index contributed by atoms with van der Waals surface area (Å²) in [6.45, 7) is 2.55. The lowest BCUT2D eigenvalue weighted by molar-refractivity contribution is -0.672. The minimum absolute atomic E-state index is 0.268. The topological polar surface area (TPSA) is 49.3 Å². The standard InChI is InChI=1S/C17H27N2O2/c20-13-7-2-1-5-11-18-15-19(12-6-8-14-21)17-10-4-3-9-16(17)18/h3-4,9-10,15,20-21H,1-2,5-8,11-14H2/q+1. The molecule has 1 aromatic heterocycles. The Bertz CT molecular complexity index is 537. The molecular weight excluding hydrogens is 264 g/mol. The number of nitrogens with zero attached hydrogens (tertiary/aromatic N) is 2. The molecule has 0 spiro atoms. The summed E-state index contributed by atoms with van der Waals surface area (Å²) in [5.41, 5.74) is 2.55. The predicted octanol–water partition coefficient (Wildman–Crippen LogP) is 2.25. The number of aromatic nitrogens is 2. The highest BCUT2D eigenvalue weighted by Gasteiger charge is 2.14. The Balaban J connectivity index is 2.01. The third kappa shape index (κ3) is 4.55. The monoisotopic (exact) mass is 291 g/mol. The van der Waals surface area contributed by atoms with E-state index in [0.29, 0.717) is 6.61 Å². The Hall–Kier alpha value is -1.39. The van der Waals surface area contributed by atoms with Gasteiger partial charge in [-0.05, 0) is 44.2 Å². The van der Waals surface area contributed by atoms with Crippen molar-refractivity contribution in [1.29, 1.82) is 0 Å². The van der Waals surface area contributed by atoms with E-state index in [1.807, 2.05) is 0 Å². The number of rotatable bonds is 10. The van der Waals surface area contributed by atoms with E-state index < -0.39 is 0 Å². The maximum absolute atomic E-state index is 8.92. The first-order valence-electron chi connectivity index (χ1n) is 8.06. The van der Waals surface area contributed by atoms with Crippen LogP contribution in [0.5, 0.6) is 0 Å². The molecule has 0 aliphatic rings. The van der Waals surface area contributed by atoms with Crippen LogP contribution in [0.2, 0.25) is 0 Å². The van der Waals surface area contributed by atoms with Crippen molar-refractivity contribution in [2.24, 2.45) is 0 Å². The van der Waals surface area contributed by atoms with Crippen molar-refractivity contribution < 1.29 is 14.8 Å². The van der Waals surface area contributed by atoms with Crippen LogP contribution in [0.25, 0.3) is 11.0 Å². The van der Waals surface area contributed by atoms with E-state index in [9.17, 15) is 0 Å². The zero-order chi connectivity index (χ0) is 14.9. The first kappa shape index (κ1) is 16.0. The Morgan fingerprint density at radius 1 is 0.857 bits per heavy atom. The molecule has 21 heavy (non-hydrogen) atoms. The smallest absolute Gasteiger partial charge is 0.244 e. The molecule has 116 valence electrons. The van der Waals surface area contributed by atoms with Gasteiger partial charge in [0.25, 0.3) is 0 Å². The lowest BCUT2D eigenvalue weighted by atomic mass is 10.2. The number of hydrogen-bond acceptors (Lipinski definition) is 2. The molecule has 4 nitrogen and oxygen atoms in total. The van der Waals surface area contributed by atoms with Crippen molar-refractivity contribution in [3.63, 3.8) is 0 Å². The zero-order valence-corrected chi connectivity index (χ0v) is 12.7. The van der Waals surface area contributed by atoms with Gasteiger partial charge in [-0.25, -0.2) is 9.13 Å². The summed E-state index contributed by atoms with van der Waals surface area (Å²) in [7, 11) is 0. The van der Waals surface area contributed by atoms with Crippen LogP contribution < -0.4 is 4.57 Å². The lowest BCUT2D eigenvalue weighted by Gasteiger charge is -1.98. The fraction of sp³-hybridized carbons (Fsp3) is 0.588. The molecule has 4 heteroatoms. The second kappa shape index (κ2) is 8.80. The highest BCUT2D eigenvalue weighted by Crippen LogP contribution is 2.12. The van der Waals surface area contributed by atoms with Crippen LogP contribution in [0.1, 0.15) is 38.5 Å². The normalized spacial score (nSPS) is 11.3. The maximum atomic E-state index is 8.92. The number of fused-ring (bicyclic) bond motifs is 1. The number of hydrogen-bond donors (Lipinski definition) is 2. The van der Waals surface area contributed by atoms with Crippen molar-refractivity contribution in [2.45, 2.75) is 51.6 Å². The predicted molar refractivity (Wildman–Crippen MR) is 84.0 cm³/mol. The van der Waals surface area contributed by atoms with Crippen molar-refractivity contribution in [1.82, 2.24) is 4.57 Å². The number of aryl methyl sites for hydroxylation is 2. The average Bonchev–Trinajstić information content (AvgIpc) is 2.86. The van der Waals surface area contributed by atoms with Crippen LogP contribution in [-0.4, -0.2) is 28.0 Å². The average molecular weight is 291 g/mol. The maximum Gasteiger partial charge on any atom is 0.244 e. The summed E-state index contributed by atoms with van der Waals surface area (Å²) in [5, 5.41) is 17.7. The zero-order valence-electron chi connectivity index (χ0n) is 12.7. The largest absolute Gasteiger partial charge is 0.396 e. The molecule has 1 aromatic carbocycles. The van der Waals surface area contributed by atoms with Crippen LogP contribution in [0, 0.1) is 0 Å². The van der Waals surface area contributed by atoms with Crippen LogP contribution in [-0.2, 0) is 13.1 Å². The number of aliphatic hydroxyl groups excluding tert-OH is 2. The van der Waals surface area contributed by atoms with Gasteiger partial charge in [0, 0.05) is 13.2 Å². The molecule has 0 bridgehead atoms. The van der Waals surface area contributed by atoms with Gasteiger partial charge in [0.15, 0.2) is 11.0 Å². The fourth-order valence-electron chi connectivity index (χ4n) is 2.74. The molecule has 2 rings (SSSR count). The van der Waals surface area contributed by atoms with Crippen LogP contribution in [0.3, 0.4) is 0 Å². The number of para-hydroxylation sites is 2. The summed E-state index contributed by atoms with van der Waals surface area (Å²) >= 11 is 0. The van der Waals surface area contributed by atoms with Crippen molar-refractivity contribution >= 4 is 11.0 Å². The summed E-state index contributed by atoms with van der Waals surface area (Å²) in [5.74, 6) is 0. The van der Waals surface area contributed by atoms with Gasteiger partial charge in [0.1, 0.15) is 0 Å². The molecule has 1 heterocycles. The first-order valence-corrected chi connectivity index (χ1v) is 8.06. The molecule has 0 aliphatic carbocycles. The number of aliphatic hydroxyl groups is 2. The van der Waals surface area contributed by atoms with E-state index in [4.69, 9.17) is 10.2 Å². The Morgan fingerprint density at radius 2 is 1.57 bits per heavy atom. The molecule has 2 aromatic rings. The second-order valence-corrected chi connectivity index (χ2v) is 5.56. The van der Waals surface area contributed by atoms with E-state index in [2.05, 4.69) is 39.7 Å². The molecule has 0 amide bonds. The van der Waals surface area contributed by atoms with E-state index in [0.717, 1.165) is 51.6 Å². The third-order valence-corrected chi connectivity index (χ3v) is 3.89. The summed E-state index contributed by atoms with van der Waals surface area (Å²) < 4.78 is 4.62. The first-order chi connectivity index (χ1) is 10.4. The molecule has 0 saturated carbocycles. The SMILES string of the molecule is OCCCCCC[n+]1cn(CCCCO)c2ccccc21. The van der Waals surface area contributed by atoms with Crippen molar-refractivity contribution in [2.75, 3.05) is 13.2 Å². The Kier molecular flexibility index (Phi) is 6.70. The van der Waals surface area contributed by atoms with Gasteiger partial charge in [-0.3, -0.25) is 0 Å². The van der Waals surface area contributed by atoms with Gasteiger partial charge in [0.05, 0.1) is 13.1 Å². The van der Waals surface area contributed by atoms with Crippen LogP contribution >= 0.6 is 0 Å². The van der Waals surface area contributed by atoms with Crippen molar-refractivity contribution in [3.8, 4) is 0 Å². The minimum atomic E-state index is 0.268. The third-order valence-electron chi connectivity index (χ3n) is 3.89. The summed E-state index contributed by atoms with van der Waals surface area (Å²) in [6.07, 6.45) is 8.39. The highest BCUT2D eigenvalue weighted by atomic mass is 16.3. The van der Waals surface area contributed by atoms with Gasteiger partial charge in [-0.2, -0.15) is 0 Å². The summed E-state index contributed by atoms with van der Waals surface area (Å²) in [6, 6.07) is 8.50. The molecule has 0 atom stereocenters. The second-order valence-electron chi connectivity index (χ2n) is 5.56. The molecule has 0 aliphatic heterocycles. The number of imidazole rings is 1. The van der Waals surface area contributed by atoms with Crippen LogP contribution in [0.4, 0.5) is 0 Å². The van der Waals surface area contributed by atoms with E-state index >= 15 is 0 Å². The van der Waals surface area contributed by atoms with Gasteiger partial charge >= 0.3 is 0 Å². The summed E-state index contributed by atoms with van der Waals surface area (Å²) in [4.78, 5) is 0. The lowest BCUT2D eigenvalue weighted by Crippen LogP contribution is -2.32. The van der Waals surface area contributed by atoms with E-state index in [1.165, 1.54) is 11.0 Å². The number of unbranched alkanes of at least 4 members (excludes halogenated alkanes) is 4. The number of benzene rings is 1. The van der Waals surface area contributed by atoms with E-state index in [-0.39, 0.29) is 6.61 Å². The van der Waals surface area contributed by atoms with Gasteiger partial charge < -0.3 is 10.2 Å². The molecule has 0 saturated heterocycles. The van der Waals surface area contributed by atoms with Crippen LogP contribution in [0.15, 0.2) is 30.6 Å². The van der Waals surface area contributed by atoms with Gasteiger partial charge in [-0.1, -0.05) is 18.6 Å².